The second-order valence-electron chi connectivity index (χ2n) is 12.2. The van der Waals surface area contributed by atoms with Crippen LogP contribution in [0.2, 0.25) is 0 Å². The van der Waals surface area contributed by atoms with Crippen LogP contribution in [0.1, 0.15) is 53.9 Å². The molecule has 0 aromatic heterocycles. The van der Waals surface area contributed by atoms with Crippen molar-refractivity contribution in [2.45, 2.75) is 77.2 Å². The Morgan fingerprint density at radius 2 is 1.69 bits per heavy atom. The van der Waals surface area contributed by atoms with Crippen molar-refractivity contribution >= 4 is 23.4 Å². The molecular weight excluding hydrogens is 534 g/mol. The van der Waals surface area contributed by atoms with Crippen LogP contribution in [0.4, 0.5) is 5.69 Å². The van der Waals surface area contributed by atoms with E-state index in [9.17, 15) is 19.5 Å². The maximum absolute atomic E-state index is 14.7. The Morgan fingerprint density at radius 1 is 0.976 bits per heavy atom. The molecule has 0 saturated carbocycles. The number of carbonyl (C=O) groups excluding carboxylic acids is 3. The molecule has 3 amide bonds. The third-order valence-corrected chi connectivity index (χ3v) is 9.52. The molecule has 228 valence electrons. The predicted molar refractivity (Wildman–Crippen MR) is 160 cm³/mol. The summed E-state index contributed by atoms with van der Waals surface area (Å²) in [5.41, 5.74) is -1.69. The number of aliphatic hydroxyl groups is 1. The van der Waals surface area contributed by atoms with Crippen molar-refractivity contribution in [2.24, 2.45) is 17.8 Å². The van der Waals surface area contributed by atoms with Crippen LogP contribution in [0.3, 0.4) is 0 Å². The van der Waals surface area contributed by atoms with E-state index in [2.05, 4.69) is 6.92 Å². The van der Waals surface area contributed by atoms with Gasteiger partial charge in [0.05, 0.1) is 36.7 Å². The lowest BCUT2D eigenvalue weighted by Gasteiger charge is -2.41. The summed E-state index contributed by atoms with van der Waals surface area (Å²) in [5, 5.41) is 10.5. The zero-order valence-electron chi connectivity index (χ0n) is 25.5. The van der Waals surface area contributed by atoms with Crippen molar-refractivity contribution in [1.82, 2.24) is 9.80 Å². The number of nitrogens with zero attached hydrogens (tertiary/aromatic N) is 3. The Balaban J connectivity index is 1.63. The van der Waals surface area contributed by atoms with Gasteiger partial charge in [-0.1, -0.05) is 58.4 Å². The number of aliphatic hydroxyl groups excluding tert-OH is 1. The fourth-order valence-corrected chi connectivity index (χ4v) is 7.39. The molecule has 5 rings (SSSR count). The van der Waals surface area contributed by atoms with Gasteiger partial charge in [-0.3, -0.25) is 14.4 Å². The van der Waals surface area contributed by atoms with E-state index < -0.39 is 35.1 Å². The molecule has 1 aromatic rings. The van der Waals surface area contributed by atoms with Gasteiger partial charge in [0, 0.05) is 25.3 Å². The molecule has 4 aliphatic rings. The molecule has 0 aliphatic carbocycles. The molecule has 42 heavy (non-hydrogen) atoms. The monoisotopic (exact) mass is 579 g/mol. The van der Waals surface area contributed by atoms with Crippen molar-refractivity contribution in [3.05, 3.63) is 48.6 Å². The highest BCUT2D eigenvalue weighted by Crippen LogP contribution is 2.59. The fourth-order valence-electron chi connectivity index (χ4n) is 7.39. The van der Waals surface area contributed by atoms with Gasteiger partial charge in [0.15, 0.2) is 0 Å². The van der Waals surface area contributed by atoms with Crippen molar-refractivity contribution in [3.8, 4) is 5.75 Å². The first-order valence-corrected chi connectivity index (χ1v) is 15.5. The van der Waals surface area contributed by atoms with E-state index in [4.69, 9.17) is 9.47 Å². The van der Waals surface area contributed by atoms with Crippen LogP contribution >= 0.6 is 0 Å². The number of carbonyl (C=O) groups is 3. The molecule has 4 heterocycles. The minimum atomic E-state index is -1.33. The van der Waals surface area contributed by atoms with Crippen molar-refractivity contribution < 1.29 is 29.0 Å². The van der Waals surface area contributed by atoms with E-state index in [0.717, 1.165) is 12.8 Å². The molecular formula is C33H45N3O6. The molecule has 4 aliphatic heterocycles. The molecule has 6 atom stereocenters. The average molecular weight is 580 g/mol. The Bertz CT molecular complexity index is 1240. The lowest BCUT2D eigenvalue weighted by molar-refractivity contribution is -0.156. The number of unbranched alkanes of at least 4 members (excludes halogenated alkanes) is 1. The summed E-state index contributed by atoms with van der Waals surface area (Å²) in [5.74, 6) is -1.86. The summed E-state index contributed by atoms with van der Waals surface area (Å²) >= 11 is 0. The standard InChI is InChI=1S/C33H45N3O6/c1-6-9-18-34-19-11-17-33-27(30(39)36(28(33)31(34)40)25(21-37)22(4)5)26-29(38)35(20-10-16-32(26,7-2)42-33)23-12-14-24(15-13-23)41-8-3/h10-17,22,25-28,37H,6-9,18-21H2,1-5H3/t25-,26+,27-,28?,32-,33-/m0/s1. The summed E-state index contributed by atoms with van der Waals surface area (Å²) in [4.78, 5) is 48.8. The van der Waals surface area contributed by atoms with Crippen LogP contribution in [0.25, 0.3) is 0 Å². The van der Waals surface area contributed by atoms with Crippen LogP contribution in [0.15, 0.2) is 48.6 Å². The van der Waals surface area contributed by atoms with Crippen LogP contribution < -0.4 is 9.64 Å². The van der Waals surface area contributed by atoms with Gasteiger partial charge in [-0.2, -0.15) is 0 Å². The summed E-state index contributed by atoms with van der Waals surface area (Å²) in [6, 6.07) is 5.82. The summed E-state index contributed by atoms with van der Waals surface area (Å²) < 4.78 is 12.6. The Kier molecular flexibility index (Phi) is 8.54. The van der Waals surface area contributed by atoms with E-state index in [1.807, 2.05) is 76.3 Å². The van der Waals surface area contributed by atoms with E-state index in [-0.39, 0.29) is 30.2 Å². The van der Waals surface area contributed by atoms with Crippen LogP contribution in [0.5, 0.6) is 5.75 Å². The smallest absolute Gasteiger partial charge is 0.249 e. The lowest BCUT2D eigenvalue weighted by atomic mass is 9.73. The zero-order chi connectivity index (χ0) is 30.2. The second kappa shape index (κ2) is 11.8. The van der Waals surface area contributed by atoms with Gasteiger partial charge < -0.3 is 29.3 Å². The maximum atomic E-state index is 14.7. The van der Waals surface area contributed by atoms with Crippen LogP contribution in [-0.2, 0) is 19.1 Å². The number of likely N-dealkylation sites (tertiary alicyclic amines) is 1. The second-order valence-corrected chi connectivity index (χ2v) is 12.2. The molecule has 0 radical (unpaired) electrons. The van der Waals surface area contributed by atoms with Gasteiger partial charge in [-0.25, -0.2) is 0 Å². The third-order valence-electron chi connectivity index (χ3n) is 9.52. The van der Waals surface area contributed by atoms with Gasteiger partial charge in [-0.15, -0.1) is 0 Å². The molecule has 1 aromatic carbocycles. The minimum absolute atomic E-state index is 0.111. The Hall–Kier alpha value is -3.17. The number of hydrogen-bond acceptors (Lipinski definition) is 6. The maximum Gasteiger partial charge on any atom is 0.249 e. The number of anilines is 1. The first-order chi connectivity index (χ1) is 20.2. The summed E-state index contributed by atoms with van der Waals surface area (Å²) in [6.45, 7) is 11.4. The van der Waals surface area contributed by atoms with E-state index in [1.165, 1.54) is 0 Å². The molecule has 1 spiro atoms. The van der Waals surface area contributed by atoms with Gasteiger partial charge in [0.1, 0.15) is 17.4 Å². The predicted octanol–water partition coefficient (Wildman–Crippen LogP) is 3.56. The molecule has 0 bridgehead atoms. The van der Waals surface area contributed by atoms with Crippen LogP contribution in [-0.4, -0.2) is 88.8 Å². The molecule has 1 unspecified atom stereocenters. The zero-order valence-corrected chi connectivity index (χ0v) is 25.5. The number of fused-ring (bicyclic) bond motifs is 2. The summed E-state index contributed by atoms with van der Waals surface area (Å²) in [7, 11) is 0. The first-order valence-electron chi connectivity index (χ1n) is 15.5. The first kappa shape index (κ1) is 30.3. The lowest BCUT2D eigenvalue weighted by Crippen LogP contribution is -2.59. The normalized spacial score (nSPS) is 31.3. The molecule has 9 nitrogen and oxygen atoms in total. The Morgan fingerprint density at radius 3 is 2.31 bits per heavy atom. The van der Waals surface area contributed by atoms with Gasteiger partial charge >= 0.3 is 0 Å². The quantitative estimate of drug-likeness (QED) is 0.426. The van der Waals surface area contributed by atoms with Gasteiger partial charge in [0.2, 0.25) is 17.7 Å². The van der Waals surface area contributed by atoms with E-state index in [0.29, 0.717) is 44.1 Å². The average Bonchev–Trinajstić information content (AvgIpc) is 3.27. The van der Waals surface area contributed by atoms with Crippen molar-refractivity contribution in [1.29, 1.82) is 0 Å². The van der Waals surface area contributed by atoms with Gasteiger partial charge in [-0.05, 0) is 49.9 Å². The van der Waals surface area contributed by atoms with Crippen LogP contribution in [0, 0.1) is 17.8 Å². The number of ether oxygens (including phenoxy) is 2. The van der Waals surface area contributed by atoms with Gasteiger partial charge in [0.25, 0.3) is 0 Å². The Labute approximate surface area is 249 Å². The molecule has 1 N–H and O–H groups in total. The third kappa shape index (κ3) is 4.65. The number of hydrogen-bond donors (Lipinski definition) is 1. The molecule has 2 saturated heterocycles. The highest BCUT2D eigenvalue weighted by Gasteiger charge is 2.76. The number of benzene rings is 1. The highest BCUT2D eigenvalue weighted by atomic mass is 16.5. The van der Waals surface area contributed by atoms with E-state index in [1.54, 1.807) is 14.7 Å². The SMILES string of the molecule is CCCCN1CC=C[C@]23O[C@@]4(CC)C=CCN(c5ccc(OCC)cc5)C(=O)[C@H]4[C@H]2C(=O)N([C@@H](CO)C(C)C)C3C1=O. The number of amides is 3. The minimum Gasteiger partial charge on any atom is -0.494 e. The molecule has 2 fully saturated rings. The van der Waals surface area contributed by atoms with Crippen molar-refractivity contribution in [2.75, 3.05) is 37.7 Å². The number of rotatable bonds is 10. The van der Waals surface area contributed by atoms with E-state index >= 15 is 0 Å². The molecule has 9 heteroatoms. The fraction of sp³-hybridized carbons (Fsp3) is 0.606. The largest absolute Gasteiger partial charge is 0.494 e. The topological polar surface area (TPSA) is 99.6 Å². The highest BCUT2D eigenvalue weighted by molar-refractivity contribution is 6.04. The van der Waals surface area contributed by atoms with Crippen molar-refractivity contribution in [3.63, 3.8) is 0 Å². The summed E-state index contributed by atoms with van der Waals surface area (Å²) in [6.07, 6.45) is 9.91.